The van der Waals surface area contributed by atoms with Crippen LogP contribution in [0.5, 0.6) is 0 Å². The van der Waals surface area contributed by atoms with Gasteiger partial charge in [-0.1, -0.05) is 23.8 Å². The molecule has 0 heterocycles. The molecule has 1 N–H and O–H groups in total. The lowest BCUT2D eigenvalue weighted by Gasteiger charge is -2.22. The first-order valence-corrected chi connectivity index (χ1v) is 8.55. The van der Waals surface area contributed by atoms with E-state index in [0.717, 1.165) is 18.4 Å². The summed E-state index contributed by atoms with van der Waals surface area (Å²) in [6.07, 6.45) is 1.29. The van der Waals surface area contributed by atoms with E-state index in [-0.39, 0.29) is 0 Å². The van der Waals surface area contributed by atoms with Gasteiger partial charge in [-0.25, -0.2) is 0 Å². The molecule has 2 aromatic carbocycles. The Kier molecular flexibility index (Phi) is 5.31. The van der Waals surface area contributed by atoms with Gasteiger partial charge in [0.15, 0.2) is 0 Å². The van der Waals surface area contributed by atoms with Crippen molar-refractivity contribution in [2.24, 2.45) is 0 Å². The van der Waals surface area contributed by atoms with Gasteiger partial charge in [0.1, 0.15) is 0 Å². The van der Waals surface area contributed by atoms with Crippen molar-refractivity contribution in [1.29, 1.82) is 0 Å². The van der Waals surface area contributed by atoms with Crippen molar-refractivity contribution < 1.29 is 5.11 Å². The molecule has 2 rings (SSSR count). The Balaban J connectivity index is 2.26. The van der Waals surface area contributed by atoms with Crippen molar-refractivity contribution in [2.75, 3.05) is 0 Å². The van der Waals surface area contributed by atoms with Crippen LogP contribution in [0.3, 0.4) is 0 Å². The lowest BCUT2D eigenvalue weighted by atomic mass is 9.85. The monoisotopic (exact) mass is 310 g/mol. The quantitative estimate of drug-likeness (QED) is 0.789. The molecule has 0 spiro atoms. The zero-order valence-electron chi connectivity index (χ0n) is 15.7. The third kappa shape index (κ3) is 3.50. The predicted molar refractivity (Wildman–Crippen MR) is 99.3 cm³/mol. The third-order valence-corrected chi connectivity index (χ3v) is 5.58. The normalized spacial score (nSPS) is 12.5. The molecule has 0 saturated heterocycles. The Morgan fingerprint density at radius 1 is 0.783 bits per heavy atom. The average molecular weight is 310 g/mol. The highest BCUT2D eigenvalue weighted by molar-refractivity contribution is 5.50. The van der Waals surface area contributed by atoms with Crippen molar-refractivity contribution in [3.63, 3.8) is 0 Å². The van der Waals surface area contributed by atoms with Crippen LogP contribution in [0, 0.1) is 48.5 Å². The number of aliphatic hydroxyl groups excluding tert-OH is 1. The summed E-state index contributed by atoms with van der Waals surface area (Å²) in [4.78, 5) is 0. The van der Waals surface area contributed by atoms with E-state index in [4.69, 9.17) is 0 Å². The van der Waals surface area contributed by atoms with E-state index in [9.17, 15) is 5.11 Å². The minimum absolute atomic E-state index is 0.395. The smallest absolute Gasteiger partial charge is 0.0798 e. The van der Waals surface area contributed by atoms with Crippen LogP contribution >= 0.6 is 0 Å². The average Bonchev–Trinajstić information content (AvgIpc) is 2.50. The molecule has 0 aliphatic heterocycles. The van der Waals surface area contributed by atoms with Crippen LogP contribution in [0.4, 0.5) is 0 Å². The van der Waals surface area contributed by atoms with Gasteiger partial charge >= 0.3 is 0 Å². The number of aliphatic hydroxyl groups is 1. The molecule has 0 fully saturated rings. The summed E-state index contributed by atoms with van der Waals surface area (Å²) in [5, 5.41) is 10.8. The number of hydrogen-bond donors (Lipinski definition) is 1. The fraction of sp³-hybridized carbons (Fsp3) is 0.455. The van der Waals surface area contributed by atoms with E-state index in [1.54, 1.807) is 0 Å². The summed E-state index contributed by atoms with van der Waals surface area (Å²) < 4.78 is 0. The van der Waals surface area contributed by atoms with Crippen LogP contribution in [0.25, 0.3) is 0 Å². The Morgan fingerprint density at radius 3 is 1.83 bits per heavy atom. The molecule has 0 bridgehead atoms. The first-order chi connectivity index (χ1) is 10.7. The van der Waals surface area contributed by atoms with Gasteiger partial charge in [0.25, 0.3) is 0 Å². The van der Waals surface area contributed by atoms with Crippen molar-refractivity contribution in [3.8, 4) is 0 Å². The van der Waals surface area contributed by atoms with Crippen LogP contribution in [0.2, 0.25) is 0 Å². The van der Waals surface area contributed by atoms with Crippen LogP contribution < -0.4 is 0 Å². The van der Waals surface area contributed by atoms with Gasteiger partial charge in [0, 0.05) is 0 Å². The molecule has 0 aliphatic carbocycles. The van der Waals surface area contributed by atoms with E-state index in [1.165, 1.54) is 44.5 Å². The molecular formula is C22H30O. The van der Waals surface area contributed by atoms with Gasteiger partial charge in [0.2, 0.25) is 0 Å². The SMILES string of the molecule is Cc1ccc(CCC(O)c2c(C)c(C)c(C)c(C)c2C)c(C)c1. The molecule has 2 aromatic rings. The summed E-state index contributed by atoms with van der Waals surface area (Å²) in [7, 11) is 0. The number of rotatable bonds is 4. The summed E-state index contributed by atoms with van der Waals surface area (Å²) in [5.74, 6) is 0. The highest BCUT2D eigenvalue weighted by Crippen LogP contribution is 2.32. The lowest BCUT2D eigenvalue weighted by Crippen LogP contribution is -2.09. The first kappa shape index (κ1) is 17.7. The summed E-state index contributed by atoms with van der Waals surface area (Å²) in [6.45, 7) is 15.1. The van der Waals surface area contributed by atoms with Crippen LogP contribution in [-0.2, 0) is 6.42 Å². The minimum atomic E-state index is -0.395. The number of benzene rings is 2. The summed E-state index contributed by atoms with van der Waals surface area (Å²) in [6, 6.07) is 6.58. The molecule has 124 valence electrons. The second kappa shape index (κ2) is 6.88. The topological polar surface area (TPSA) is 20.2 Å². The van der Waals surface area contributed by atoms with Gasteiger partial charge in [-0.15, -0.1) is 0 Å². The maximum Gasteiger partial charge on any atom is 0.0798 e. The molecule has 0 aliphatic rings. The molecule has 1 heteroatoms. The van der Waals surface area contributed by atoms with Crippen molar-refractivity contribution in [3.05, 3.63) is 68.3 Å². The van der Waals surface area contributed by atoms with Crippen molar-refractivity contribution in [1.82, 2.24) is 0 Å². The maximum absolute atomic E-state index is 10.8. The Bertz CT molecular complexity index is 696. The number of aryl methyl sites for hydroxylation is 3. The predicted octanol–water partition coefficient (Wildman–Crippen LogP) is 5.51. The Labute approximate surface area is 141 Å². The van der Waals surface area contributed by atoms with Crippen LogP contribution in [-0.4, -0.2) is 5.11 Å². The van der Waals surface area contributed by atoms with Crippen LogP contribution in [0.1, 0.15) is 62.6 Å². The molecule has 0 radical (unpaired) electrons. The Hall–Kier alpha value is -1.60. The van der Waals surface area contributed by atoms with E-state index in [1.807, 2.05) is 0 Å². The largest absolute Gasteiger partial charge is 0.388 e. The van der Waals surface area contributed by atoms with Crippen molar-refractivity contribution >= 4 is 0 Å². The second-order valence-electron chi connectivity index (χ2n) is 7.02. The van der Waals surface area contributed by atoms with E-state index >= 15 is 0 Å². The van der Waals surface area contributed by atoms with Gasteiger partial charge in [0.05, 0.1) is 6.10 Å². The molecule has 23 heavy (non-hydrogen) atoms. The van der Waals surface area contributed by atoms with E-state index in [2.05, 4.69) is 66.7 Å². The Morgan fingerprint density at radius 2 is 1.30 bits per heavy atom. The number of hydrogen-bond acceptors (Lipinski definition) is 1. The maximum atomic E-state index is 10.8. The highest BCUT2D eigenvalue weighted by atomic mass is 16.3. The van der Waals surface area contributed by atoms with Crippen molar-refractivity contribution in [2.45, 2.75) is 67.4 Å². The standard InChI is InChI=1S/C22H30O/c1-13-8-9-20(14(2)12-13)10-11-21(23)22-18(6)16(4)15(3)17(5)19(22)7/h8-9,12,21,23H,10-11H2,1-7H3. The first-order valence-electron chi connectivity index (χ1n) is 8.55. The fourth-order valence-electron chi connectivity index (χ4n) is 3.59. The molecule has 0 amide bonds. The molecule has 0 aromatic heterocycles. The third-order valence-electron chi connectivity index (χ3n) is 5.58. The minimum Gasteiger partial charge on any atom is -0.388 e. The molecular weight excluding hydrogens is 280 g/mol. The van der Waals surface area contributed by atoms with E-state index < -0.39 is 6.10 Å². The second-order valence-corrected chi connectivity index (χ2v) is 7.02. The molecule has 1 atom stereocenters. The molecule has 1 nitrogen and oxygen atoms in total. The van der Waals surface area contributed by atoms with Gasteiger partial charge < -0.3 is 5.11 Å². The zero-order chi connectivity index (χ0) is 17.3. The lowest BCUT2D eigenvalue weighted by molar-refractivity contribution is 0.166. The zero-order valence-corrected chi connectivity index (χ0v) is 15.7. The van der Waals surface area contributed by atoms with Gasteiger partial charge in [-0.2, -0.15) is 0 Å². The summed E-state index contributed by atoms with van der Waals surface area (Å²) in [5.41, 5.74) is 11.6. The van der Waals surface area contributed by atoms with E-state index in [0.29, 0.717) is 0 Å². The van der Waals surface area contributed by atoms with Gasteiger partial charge in [-0.3, -0.25) is 0 Å². The van der Waals surface area contributed by atoms with Gasteiger partial charge in [-0.05, 0) is 106 Å². The summed E-state index contributed by atoms with van der Waals surface area (Å²) >= 11 is 0. The van der Waals surface area contributed by atoms with Crippen LogP contribution in [0.15, 0.2) is 18.2 Å². The molecule has 1 unspecified atom stereocenters. The fourth-order valence-corrected chi connectivity index (χ4v) is 3.59. The highest BCUT2D eigenvalue weighted by Gasteiger charge is 2.18. The molecule has 0 saturated carbocycles.